The van der Waals surface area contributed by atoms with Gasteiger partial charge in [-0.05, 0) is 93.0 Å². The highest BCUT2D eigenvalue weighted by molar-refractivity contribution is 7.25. The molecule has 0 radical (unpaired) electrons. The molecule has 1 N–H and O–H groups in total. The molecule has 5 heteroatoms. The summed E-state index contributed by atoms with van der Waals surface area (Å²) in [5.41, 5.74) is 9.16. The summed E-state index contributed by atoms with van der Waals surface area (Å²) in [6, 6.07) is 49.1. The zero-order valence-corrected chi connectivity index (χ0v) is 30.1. The molecular weight excluding hydrogens is 661 g/mol. The Morgan fingerprint density at radius 2 is 1.33 bits per heavy atom. The minimum Gasteiger partial charge on any atom is -0.507 e. The van der Waals surface area contributed by atoms with E-state index in [1.54, 1.807) is 23.6 Å². The van der Waals surface area contributed by atoms with Gasteiger partial charge in [-0.2, -0.15) is 0 Å². The zero-order valence-electron chi connectivity index (χ0n) is 28.5. The highest BCUT2D eigenvalue weighted by Crippen LogP contribution is 2.44. The number of fused-ring (bicyclic) bond motifs is 5. The fourth-order valence-corrected chi connectivity index (χ4v) is 9.07. The Kier molecular flexibility index (Phi) is 7.57. The summed E-state index contributed by atoms with van der Waals surface area (Å²) in [4.78, 5) is 10.3. The van der Waals surface area contributed by atoms with Crippen LogP contribution in [0.1, 0.15) is 31.9 Å². The zero-order chi connectivity index (χ0) is 34.7. The summed E-state index contributed by atoms with van der Waals surface area (Å²) >= 11 is 3.54. The molecule has 0 fully saturated rings. The van der Waals surface area contributed by atoms with Gasteiger partial charge in [0, 0.05) is 43.1 Å². The smallest absolute Gasteiger partial charge is 0.126 e. The van der Waals surface area contributed by atoms with Crippen molar-refractivity contribution >= 4 is 75.7 Å². The molecule has 51 heavy (non-hydrogen) atoms. The van der Waals surface area contributed by atoms with Gasteiger partial charge < -0.3 is 5.11 Å². The van der Waals surface area contributed by atoms with Gasteiger partial charge in [0.05, 0.1) is 15.9 Å². The third-order valence-corrected chi connectivity index (χ3v) is 11.8. The first-order valence-corrected chi connectivity index (χ1v) is 18.7. The number of rotatable bonds is 5. The number of aromatic hydroxyl groups is 1. The van der Waals surface area contributed by atoms with Crippen LogP contribution in [0.5, 0.6) is 5.75 Å². The molecule has 0 spiro atoms. The van der Waals surface area contributed by atoms with E-state index >= 15 is 0 Å². The Hall–Kier alpha value is -5.62. The van der Waals surface area contributed by atoms with Crippen LogP contribution >= 0.6 is 22.7 Å². The number of phenolic OH excluding ortho intramolecular Hbond substituents is 1. The van der Waals surface area contributed by atoms with Gasteiger partial charge in [-0.1, -0.05) is 106 Å². The van der Waals surface area contributed by atoms with Crippen molar-refractivity contribution < 1.29 is 5.11 Å². The maximum atomic E-state index is 10.7. The highest BCUT2D eigenvalue weighted by atomic mass is 32.1. The second-order valence-corrected chi connectivity index (χ2v) is 16.1. The van der Waals surface area contributed by atoms with Gasteiger partial charge >= 0.3 is 0 Å². The Balaban J connectivity index is 1.22. The van der Waals surface area contributed by atoms with Crippen LogP contribution in [-0.4, -0.2) is 16.3 Å². The van der Waals surface area contributed by atoms with Gasteiger partial charge in [-0.15, -0.1) is 22.7 Å². The van der Waals surface area contributed by atoms with Gasteiger partial charge in [-0.25, -0.2) is 4.98 Å². The van der Waals surface area contributed by atoms with E-state index in [1.165, 1.54) is 47.6 Å². The summed E-state index contributed by atoms with van der Waals surface area (Å²) in [6.45, 7) is 6.51. The highest BCUT2D eigenvalue weighted by Gasteiger charge is 2.19. The number of hydrogen-bond acceptors (Lipinski definition) is 5. The van der Waals surface area contributed by atoms with E-state index in [1.807, 2.05) is 41.7 Å². The van der Waals surface area contributed by atoms with Gasteiger partial charge in [0.15, 0.2) is 0 Å². The lowest BCUT2D eigenvalue weighted by atomic mass is 9.86. The number of thiazole rings is 1. The molecule has 0 unspecified atom stereocenters. The largest absolute Gasteiger partial charge is 0.507 e. The van der Waals surface area contributed by atoms with Gasteiger partial charge in [0.25, 0.3) is 0 Å². The molecule has 7 aromatic carbocycles. The van der Waals surface area contributed by atoms with Crippen LogP contribution < -0.4 is 0 Å². The number of para-hydroxylation sites is 1. The van der Waals surface area contributed by atoms with E-state index in [2.05, 4.69) is 124 Å². The standard InChI is InChI=1S/C46H34N2OS2/c1-46(2,3)32-20-21-40(49)31(23-32)27-47-39-17-8-6-15-36(39)45-48-44-38(34-16-10-12-28-11-4-5-13-33(28)34)25-30(26-43(44)51-45)29-19-22-42-37(24-29)35-14-7-9-18-41(35)50-42/h4-27,49H,1-3H3. The topological polar surface area (TPSA) is 45.5 Å². The predicted octanol–water partition coefficient (Wildman–Crippen LogP) is 13.6. The van der Waals surface area contributed by atoms with Crippen molar-refractivity contribution in [3.63, 3.8) is 0 Å². The maximum Gasteiger partial charge on any atom is 0.126 e. The number of phenols is 1. The lowest BCUT2D eigenvalue weighted by molar-refractivity contribution is 0.473. The van der Waals surface area contributed by atoms with Crippen molar-refractivity contribution in [2.45, 2.75) is 26.2 Å². The van der Waals surface area contributed by atoms with Crippen LogP contribution in [0, 0.1) is 0 Å². The Bertz CT molecular complexity index is 2810. The molecule has 0 saturated heterocycles. The molecule has 246 valence electrons. The van der Waals surface area contributed by atoms with E-state index in [0.717, 1.165) is 37.6 Å². The molecule has 0 aliphatic heterocycles. The molecule has 9 rings (SSSR count). The Labute approximate surface area is 304 Å². The second kappa shape index (κ2) is 12.3. The monoisotopic (exact) mass is 694 g/mol. The van der Waals surface area contributed by atoms with E-state index < -0.39 is 0 Å². The van der Waals surface area contributed by atoms with Crippen LogP contribution in [0.3, 0.4) is 0 Å². The van der Waals surface area contributed by atoms with E-state index in [4.69, 9.17) is 9.98 Å². The van der Waals surface area contributed by atoms with Crippen molar-refractivity contribution in [1.29, 1.82) is 0 Å². The molecule has 0 aliphatic carbocycles. The molecular formula is C46H34N2OS2. The minimum atomic E-state index is -0.0426. The average Bonchev–Trinajstić information content (AvgIpc) is 3.75. The van der Waals surface area contributed by atoms with Gasteiger partial charge in [-0.3, -0.25) is 4.99 Å². The summed E-state index contributed by atoms with van der Waals surface area (Å²) < 4.78 is 3.73. The normalized spacial score (nSPS) is 12.2. The number of thiophene rings is 1. The predicted molar refractivity (Wildman–Crippen MR) is 220 cm³/mol. The third-order valence-electron chi connectivity index (χ3n) is 9.66. The van der Waals surface area contributed by atoms with E-state index in [0.29, 0.717) is 5.56 Å². The fourth-order valence-electron chi connectivity index (χ4n) is 6.91. The molecule has 0 saturated carbocycles. The van der Waals surface area contributed by atoms with Crippen molar-refractivity contribution in [2.24, 2.45) is 4.99 Å². The summed E-state index contributed by atoms with van der Waals surface area (Å²) in [5, 5.41) is 16.6. The summed E-state index contributed by atoms with van der Waals surface area (Å²) in [5.74, 6) is 0.213. The lowest BCUT2D eigenvalue weighted by Crippen LogP contribution is -2.11. The summed E-state index contributed by atoms with van der Waals surface area (Å²) in [6.07, 6.45) is 1.76. The first kappa shape index (κ1) is 31.4. The SMILES string of the molecule is CC(C)(C)c1ccc(O)c(C=Nc2ccccc2-c2nc3c(-c4cccc5ccccc45)cc(-c4ccc5sc6ccccc6c5c4)cc3s2)c1. The number of hydrogen-bond donors (Lipinski definition) is 1. The minimum absolute atomic E-state index is 0.0426. The molecule has 0 amide bonds. The van der Waals surface area contributed by atoms with Crippen molar-refractivity contribution in [1.82, 2.24) is 4.98 Å². The van der Waals surface area contributed by atoms with Crippen LogP contribution in [0.4, 0.5) is 5.69 Å². The second-order valence-electron chi connectivity index (χ2n) is 14.0. The average molecular weight is 695 g/mol. The first-order chi connectivity index (χ1) is 24.8. The van der Waals surface area contributed by atoms with Crippen LogP contribution in [0.2, 0.25) is 0 Å². The fraction of sp³-hybridized carbons (Fsp3) is 0.0870. The third kappa shape index (κ3) is 5.69. The Morgan fingerprint density at radius 1 is 0.588 bits per heavy atom. The number of benzene rings is 7. The van der Waals surface area contributed by atoms with Crippen molar-refractivity contribution in [2.75, 3.05) is 0 Å². The summed E-state index contributed by atoms with van der Waals surface area (Å²) in [7, 11) is 0. The lowest BCUT2D eigenvalue weighted by Gasteiger charge is -2.19. The molecule has 0 aliphatic rings. The Morgan fingerprint density at radius 3 is 2.22 bits per heavy atom. The number of aromatic nitrogens is 1. The van der Waals surface area contributed by atoms with Crippen molar-refractivity contribution in [3.8, 4) is 38.6 Å². The molecule has 9 aromatic rings. The molecule has 0 atom stereocenters. The maximum absolute atomic E-state index is 10.7. The molecule has 3 nitrogen and oxygen atoms in total. The molecule has 2 aromatic heterocycles. The van der Waals surface area contributed by atoms with Crippen molar-refractivity contribution in [3.05, 3.63) is 151 Å². The van der Waals surface area contributed by atoms with Gasteiger partial charge in [0.2, 0.25) is 0 Å². The van der Waals surface area contributed by atoms with Crippen LogP contribution in [-0.2, 0) is 5.41 Å². The molecule has 2 heterocycles. The number of nitrogens with zero attached hydrogens (tertiary/aromatic N) is 2. The first-order valence-electron chi connectivity index (χ1n) is 17.1. The van der Waals surface area contributed by atoms with Crippen LogP contribution in [0.15, 0.2) is 145 Å². The number of aliphatic imine (C=N–C) groups is 1. The quantitative estimate of drug-likeness (QED) is 0.182. The van der Waals surface area contributed by atoms with Crippen LogP contribution in [0.25, 0.3) is 74.0 Å². The van der Waals surface area contributed by atoms with Gasteiger partial charge in [0.1, 0.15) is 10.8 Å². The molecule has 0 bridgehead atoms. The van der Waals surface area contributed by atoms with E-state index in [9.17, 15) is 5.11 Å². The van der Waals surface area contributed by atoms with E-state index in [-0.39, 0.29) is 11.2 Å².